The molecule has 118 valence electrons. The van der Waals surface area contributed by atoms with E-state index in [1.807, 2.05) is 45.0 Å². The number of amides is 1. The third-order valence-corrected chi connectivity index (χ3v) is 5.03. The lowest BCUT2D eigenvalue weighted by atomic mass is 10.2. The number of aryl methyl sites for hydroxylation is 1. The van der Waals surface area contributed by atoms with Crippen LogP contribution in [0, 0.1) is 6.92 Å². The fraction of sp³-hybridized carbons (Fsp3) is 0.400. The highest BCUT2D eigenvalue weighted by Crippen LogP contribution is 2.27. The van der Waals surface area contributed by atoms with Crippen molar-refractivity contribution in [2.75, 3.05) is 11.1 Å². The molecule has 2 rings (SSSR count). The Morgan fingerprint density at radius 1 is 1.32 bits per heavy atom. The minimum absolute atomic E-state index is 0.0302. The second kappa shape index (κ2) is 8.14. The summed E-state index contributed by atoms with van der Waals surface area (Å²) in [5.41, 5.74) is 2.19. The number of aromatic nitrogens is 2. The van der Waals surface area contributed by atoms with E-state index in [1.54, 1.807) is 0 Å². The van der Waals surface area contributed by atoms with Crippen LogP contribution in [0.3, 0.4) is 0 Å². The van der Waals surface area contributed by atoms with Crippen molar-refractivity contribution in [1.82, 2.24) is 15.5 Å². The predicted octanol–water partition coefficient (Wildman–Crippen LogP) is 3.60. The van der Waals surface area contributed by atoms with Crippen molar-refractivity contribution in [3.63, 3.8) is 0 Å². The van der Waals surface area contributed by atoms with Crippen LogP contribution < -0.4 is 10.6 Å². The molecule has 0 aliphatic carbocycles. The molecular weight excluding hydrogens is 316 g/mol. The number of nitrogens with one attached hydrogen (secondary N) is 2. The largest absolute Gasteiger partial charge is 0.353 e. The average molecular weight is 336 g/mol. The number of hydrogen-bond acceptors (Lipinski definition) is 6. The second-order valence-electron chi connectivity index (χ2n) is 5.03. The van der Waals surface area contributed by atoms with Crippen LogP contribution >= 0.6 is 23.1 Å². The summed E-state index contributed by atoms with van der Waals surface area (Å²) in [5.74, 6) is 0.395. The molecule has 2 N–H and O–H groups in total. The fourth-order valence-corrected chi connectivity index (χ4v) is 3.21. The van der Waals surface area contributed by atoms with Crippen LogP contribution in [-0.2, 0) is 4.79 Å². The van der Waals surface area contributed by atoms with E-state index in [0.29, 0.717) is 5.75 Å². The Balaban J connectivity index is 1.83. The van der Waals surface area contributed by atoms with E-state index in [0.717, 1.165) is 21.6 Å². The summed E-state index contributed by atoms with van der Waals surface area (Å²) in [6.07, 6.45) is 0.930. The molecule has 1 unspecified atom stereocenters. The van der Waals surface area contributed by atoms with Crippen molar-refractivity contribution in [3.05, 3.63) is 29.8 Å². The Kier molecular flexibility index (Phi) is 6.21. The van der Waals surface area contributed by atoms with Gasteiger partial charge in [-0.25, -0.2) is 0 Å². The van der Waals surface area contributed by atoms with Crippen LogP contribution in [0.25, 0.3) is 0 Å². The van der Waals surface area contributed by atoms with Crippen molar-refractivity contribution in [3.8, 4) is 0 Å². The molecule has 0 fully saturated rings. The molecular formula is C15H20N4OS2. The van der Waals surface area contributed by atoms with Gasteiger partial charge >= 0.3 is 0 Å². The molecule has 0 saturated carbocycles. The molecule has 7 heteroatoms. The first-order valence-electron chi connectivity index (χ1n) is 7.16. The van der Waals surface area contributed by atoms with Crippen LogP contribution in [0.2, 0.25) is 0 Å². The molecule has 1 amide bonds. The average Bonchev–Trinajstić information content (AvgIpc) is 2.95. The molecule has 0 spiro atoms. The van der Waals surface area contributed by atoms with Gasteiger partial charge in [0, 0.05) is 11.7 Å². The second-order valence-corrected chi connectivity index (χ2v) is 7.23. The van der Waals surface area contributed by atoms with Gasteiger partial charge < -0.3 is 10.6 Å². The van der Waals surface area contributed by atoms with Crippen molar-refractivity contribution in [2.24, 2.45) is 0 Å². The monoisotopic (exact) mass is 336 g/mol. The molecule has 0 bridgehead atoms. The number of benzene rings is 1. The van der Waals surface area contributed by atoms with Gasteiger partial charge in [0.05, 0.1) is 5.75 Å². The van der Waals surface area contributed by atoms with Gasteiger partial charge in [-0.15, -0.1) is 10.2 Å². The highest BCUT2D eigenvalue weighted by atomic mass is 32.2. The van der Waals surface area contributed by atoms with Gasteiger partial charge in [-0.05, 0) is 32.4 Å². The molecule has 2 aromatic rings. The van der Waals surface area contributed by atoms with E-state index in [2.05, 4.69) is 20.8 Å². The molecule has 1 heterocycles. The fourth-order valence-electron chi connectivity index (χ4n) is 1.62. The third-order valence-electron chi connectivity index (χ3n) is 3.06. The molecule has 5 nitrogen and oxygen atoms in total. The van der Waals surface area contributed by atoms with Gasteiger partial charge in [-0.1, -0.05) is 47.7 Å². The summed E-state index contributed by atoms with van der Waals surface area (Å²) in [7, 11) is 0. The maximum absolute atomic E-state index is 11.7. The molecule has 1 aromatic heterocycles. The van der Waals surface area contributed by atoms with E-state index in [1.165, 1.54) is 28.7 Å². The normalized spacial score (nSPS) is 12.0. The minimum atomic E-state index is 0.0302. The topological polar surface area (TPSA) is 66.9 Å². The number of thioether (sulfide) groups is 1. The van der Waals surface area contributed by atoms with Gasteiger partial charge in [0.15, 0.2) is 4.34 Å². The first-order chi connectivity index (χ1) is 10.6. The first kappa shape index (κ1) is 16.8. The Hall–Kier alpha value is -1.60. The summed E-state index contributed by atoms with van der Waals surface area (Å²) >= 11 is 2.86. The van der Waals surface area contributed by atoms with Crippen LogP contribution in [-0.4, -0.2) is 27.9 Å². The number of carbonyl (C=O) groups is 1. The van der Waals surface area contributed by atoms with E-state index in [-0.39, 0.29) is 11.9 Å². The first-order valence-corrected chi connectivity index (χ1v) is 8.96. The Bertz CT molecular complexity index is 612. The van der Waals surface area contributed by atoms with Gasteiger partial charge in [0.25, 0.3) is 0 Å². The van der Waals surface area contributed by atoms with E-state index < -0.39 is 0 Å². The summed E-state index contributed by atoms with van der Waals surface area (Å²) in [4.78, 5) is 11.7. The molecule has 1 atom stereocenters. The maximum Gasteiger partial charge on any atom is 0.230 e. The number of rotatable bonds is 7. The molecule has 1 aromatic carbocycles. The van der Waals surface area contributed by atoms with Gasteiger partial charge in [0.1, 0.15) is 0 Å². The zero-order valence-electron chi connectivity index (χ0n) is 12.9. The lowest BCUT2D eigenvalue weighted by molar-refractivity contribution is -0.119. The Morgan fingerprint density at radius 2 is 2.05 bits per heavy atom. The molecule has 0 aliphatic rings. The minimum Gasteiger partial charge on any atom is -0.353 e. The number of hydrogen-bond donors (Lipinski definition) is 2. The summed E-state index contributed by atoms with van der Waals surface area (Å²) in [6, 6.07) is 8.30. The Labute approximate surface area is 138 Å². The van der Waals surface area contributed by atoms with Crippen LogP contribution in [0.1, 0.15) is 25.8 Å². The lowest BCUT2D eigenvalue weighted by Crippen LogP contribution is -2.33. The van der Waals surface area contributed by atoms with E-state index in [9.17, 15) is 4.79 Å². The van der Waals surface area contributed by atoms with Crippen LogP contribution in [0.4, 0.5) is 10.8 Å². The Morgan fingerprint density at radius 3 is 2.73 bits per heavy atom. The van der Waals surface area contributed by atoms with E-state index in [4.69, 9.17) is 0 Å². The SMILES string of the molecule is CCC(C)NC(=O)CSc1nnc(Nc2ccc(C)cc2)s1. The van der Waals surface area contributed by atoms with E-state index >= 15 is 0 Å². The molecule has 22 heavy (non-hydrogen) atoms. The standard InChI is InChI=1S/C15H20N4OS2/c1-4-11(3)16-13(20)9-21-15-19-18-14(22-15)17-12-7-5-10(2)6-8-12/h5-8,11H,4,9H2,1-3H3,(H,16,20)(H,17,18). The summed E-state index contributed by atoms with van der Waals surface area (Å²) in [5, 5.41) is 15.1. The van der Waals surface area contributed by atoms with Gasteiger partial charge in [-0.2, -0.15) is 0 Å². The smallest absolute Gasteiger partial charge is 0.230 e. The molecule has 0 aliphatic heterocycles. The van der Waals surface area contributed by atoms with Crippen molar-refractivity contribution >= 4 is 39.8 Å². The summed E-state index contributed by atoms with van der Waals surface area (Å²) < 4.78 is 0.786. The number of anilines is 2. The van der Waals surface area contributed by atoms with Crippen molar-refractivity contribution < 1.29 is 4.79 Å². The van der Waals surface area contributed by atoms with Gasteiger partial charge in [-0.3, -0.25) is 4.79 Å². The highest BCUT2D eigenvalue weighted by Gasteiger charge is 2.09. The highest BCUT2D eigenvalue weighted by molar-refractivity contribution is 8.01. The van der Waals surface area contributed by atoms with Crippen molar-refractivity contribution in [1.29, 1.82) is 0 Å². The van der Waals surface area contributed by atoms with Crippen LogP contribution in [0.5, 0.6) is 0 Å². The quantitative estimate of drug-likeness (QED) is 0.756. The van der Waals surface area contributed by atoms with Gasteiger partial charge in [0.2, 0.25) is 11.0 Å². The lowest BCUT2D eigenvalue weighted by Gasteiger charge is -2.09. The van der Waals surface area contributed by atoms with Crippen molar-refractivity contribution in [2.45, 2.75) is 37.6 Å². The summed E-state index contributed by atoms with van der Waals surface area (Å²) in [6.45, 7) is 6.09. The molecule has 0 radical (unpaired) electrons. The maximum atomic E-state index is 11.7. The third kappa shape index (κ3) is 5.31. The number of nitrogens with zero attached hydrogens (tertiary/aromatic N) is 2. The zero-order valence-corrected chi connectivity index (χ0v) is 14.6. The predicted molar refractivity (Wildman–Crippen MR) is 93.0 cm³/mol. The molecule has 0 saturated heterocycles. The zero-order chi connectivity index (χ0) is 15.9. The van der Waals surface area contributed by atoms with Crippen LogP contribution in [0.15, 0.2) is 28.6 Å². The number of carbonyl (C=O) groups excluding carboxylic acids is 1.